The van der Waals surface area contributed by atoms with E-state index in [2.05, 4.69) is 38.4 Å². The van der Waals surface area contributed by atoms with Gasteiger partial charge in [0.05, 0.1) is 11.6 Å². The van der Waals surface area contributed by atoms with Gasteiger partial charge in [0.25, 0.3) is 0 Å². The number of phenols is 1. The van der Waals surface area contributed by atoms with Crippen LogP contribution in [-0.2, 0) is 0 Å². The maximum absolute atomic E-state index is 9.67. The topological polar surface area (TPSA) is 67.5 Å². The molecule has 0 unspecified atom stereocenters. The molecule has 0 fully saturated rings. The average molecular weight is 345 g/mol. The SMILES string of the molecule is C=CCNC(=S)N[NH+]=Cc1cc(Br)c(O)c(OC)c1. The minimum Gasteiger partial charge on any atom is -0.503 e. The normalized spacial score (nSPS) is 10.2. The number of hydrazine groups is 1. The van der Waals surface area contributed by atoms with Crippen LogP contribution in [0.1, 0.15) is 5.56 Å². The lowest BCUT2D eigenvalue weighted by molar-refractivity contribution is -0.500. The molecule has 0 spiro atoms. The summed E-state index contributed by atoms with van der Waals surface area (Å²) in [6.45, 7) is 4.17. The molecular weight excluding hydrogens is 330 g/mol. The number of benzene rings is 1. The van der Waals surface area contributed by atoms with E-state index < -0.39 is 0 Å². The van der Waals surface area contributed by atoms with Gasteiger partial charge in [0, 0.05) is 12.1 Å². The van der Waals surface area contributed by atoms with Gasteiger partial charge < -0.3 is 15.2 Å². The second-order valence-electron chi connectivity index (χ2n) is 3.47. The van der Waals surface area contributed by atoms with E-state index >= 15 is 0 Å². The summed E-state index contributed by atoms with van der Waals surface area (Å²) < 4.78 is 5.60. The van der Waals surface area contributed by atoms with Crippen LogP contribution in [0.15, 0.2) is 29.3 Å². The number of methoxy groups -OCH3 is 1. The smallest absolute Gasteiger partial charge is 0.224 e. The van der Waals surface area contributed by atoms with Crippen LogP contribution in [0, 0.1) is 0 Å². The Balaban J connectivity index is 2.69. The van der Waals surface area contributed by atoms with E-state index in [-0.39, 0.29) is 5.75 Å². The van der Waals surface area contributed by atoms with Gasteiger partial charge in [-0.2, -0.15) is 0 Å². The fourth-order valence-corrected chi connectivity index (χ4v) is 1.83. The number of rotatable bonds is 5. The third-order valence-corrected chi connectivity index (χ3v) is 2.95. The molecule has 1 rings (SSSR count). The molecule has 0 saturated heterocycles. The van der Waals surface area contributed by atoms with Crippen LogP contribution in [0.25, 0.3) is 0 Å². The van der Waals surface area contributed by atoms with Crippen LogP contribution in [0.2, 0.25) is 0 Å². The Morgan fingerprint density at radius 2 is 2.37 bits per heavy atom. The van der Waals surface area contributed by atoms with E-state index in [9.17, 15) is 5.11 Å². The molecule has 1 aromatic rings. The number of halogens is 1. The summed E-state index contributed by atoms with van der Waals surface area (Å²) in [5, 5.41) is 15.9. The predicted molar refractivity (Wildman–Crippen MR) is 82.4 cm³/mol. The molecule has 0 aliphatic carbocycles. The van der Waals surface area contributed by atoms with E-state index in [0.717, 1.165) is 5.56 Å². The Hall–Kier alpha value is -1.60. The van der Waals surface area contributed by atoms with Gasteiger partial charge in [0.2, 0.25) is 5.11 Å². The summed E-state index contributed by atoms with van der Waals surface area (Å²) in [4.78, 5) is 0. The van der Waals surface area contributed by atoms with Crippen LogP contribution in [0.4, 0.5) is 0 Å². The molecule has 102 valence electrons. The highest BCUT2D eigenvalue weighted by Gasteiger charge is 2.08. The first-order chi connectivity index (χ1) is 9.08. The molecular formula is C12H15BrN3O2S+. The lowest BCUT2D eigenvalue weighted by atomic mass is 10.2. The Morgan fingerprint density at radius 1 is 1.63 bits per heavy atom. The second kappa shape index (κ2) is 7.75. The zero-order chi connectivity index (χ0) is 14.3. The Morgan fingerprint density at radius 3 is 3.00 bits per heavy atom. The molecule has 0 radical (unpaired) electrons. The summed E-state index contributed by atoms with van der Waals surface area (Å²) in [6.07, 6.45) is 3.40. The molecule has 0 aliphatic heterocycles. The summed E-state index contributed by atoms with van der Waals surface area (Å²) >= 11 is 8.25. The molecule has 0 aromatic heterocycles. The number of aromatic hydroxyl groups is 1. The van der Waals surface area contributed by atoms with Gasteiger partial charge in [-0.3, -0.25) is 0 Å². The van der Waals surface area contributed by atoms with Gasteiger partial charge in [-0.05, 0) is 40.3 Å². The first-order valence-corrected chi connectivity index (χ1v) is 6.58. The quantitative estimate of drug-likeness (QED) is 0.266. The van der Waals surface area contributed by atoms with Gasteiger partial charge in [0.15, 0.2) is 17.7 Å². The Labute approximate surface area is 125 Å². The highest BCUT2D eigenvalue weighted by molar-refractivity contribution is 9.10. The van der Waals surface area contributed by atoms with Gasteiger partial charge in [0.1, 0.15) is 0 Å². The van der Waals surface area contributed by atoms with Crippen molar-refractivity contribution in [2.24, 2.45) is 0 Å². The lowest BCUT2D eigenvalue weighted by Gasteiger charge is -2.05. The minimum absolute atomic E-state index is 0.0655. The number of ether oxygens (including phenoxy) is 1. The third kappa shape index (κ3) is 4.88. The van der Waals surface area contributed by atoms with E-state index in [1.54, 1.807) is 24.4 Å². The van der Waals surface area contributed by atoms with Gasteiger partial charge in [-0.1, -0.05) is 6.08 Å². The van der Waals surface area contributed by atoms with Crippen molar-refractivity contribution < 1.29 is 14.9 Å². The van der Waals surface area contributed by atoms with Crippen molar-refractivity contribution in [2.75, 3.05) is 13.7 Å². The number of thiocarbonyl (C=S) groups is 1. The highest BCUT2D eigenvalue weighted by Crippen LogP contribution is 2.34. The van der Waals surface area contributed by atoms with Crippen molar-refractivity contribution in [3.8, 4) is 11.5 Å². The van der Waals surface area contributed by atoms with Crippen LogP contribution in [-0.4, -0.2) is 30.1 Å². The Bertz CT molecular complexity index is 506. The Kier molecular flexibility index (Phi) is 6.31. The number of nitrogens with one attached hydrogen (secondary N) is 3. The maximum atomic E-state index is 9.67. The molecule has 0 atom stereocenters. The first kappa shape index (κ1) is 15.5. The molecule has 5 nitrogen and oxygen atoms in total. The highest BCUT2D eigenvalue weighted by atomic mass is 79.9. The molecule has 7 heteroatoms. The van der Waals surface area contributed by atoms with Crippen molar-refractivity contribution >= 4 is 39.5 Å². The van der Waals surface area contributed by atoms with Crippen molar-refractivity contribution in [2.45, 2.75) is 0 Å². The number of phenolic OH excluding ortho intramolecular Hbond substituents is 1. The van der Waals surface area contributed by atoms with E-state index in [1.165, 1.54) is 7.11 Å². The minimum atomic E-state index is 0.0655. The largest absolute Gasteiger partial charge is 0.503 e. The summed E-state index contributed by atoms with van der Waals surface area (Å²) in [6, 6.07) is 3.43. The molecule has 0 saturated carbocycles. The molecule has 0 aliphatic rings. The zero-order valence-corrected chi connectivity index (χ0v) is 12.8. The van der Waals surface area contributed by atoms with Crippen LogP contribution in [0.3, 0.4) is 0 Å². The van der Waals surface area contributed by atoms with Crippen molar-refractivity contribution in [3.63, 3.8) is 0 Å². The summed E-state index contributed by atoms with van der Waals surface area (Å²) in [5.74, 6) is 0.450. The van der Waals surface area contributed by atoms with Gasteiger partial charge in [-0.15, -0.1) is 17.1 Å². The van der Waals surface area contributed by atoms with Gasteiger partial charge >= 0.3 is 0 Å². The molecule has 0 bridgehead atoms. The van der Waals surface area contributed by atoms with E-state index in [0.29, 0.717) is 21.9 Å². The van der Waals surface area contributed by atoms with Gasteiger partial charge in [-0.25, -0.2) is 0 Å². The van der Waals surface area contributed by atoms with Crippen LogP contribution in [0.5, 0.6) is 11.5 Å². The fourth-order valence-electron chi connectivity index (χ4n) is 1.23. The van der Waals surface area contributed by atoms with E-state index in [1.807, 2.05) is 0 Å². The summed E-state index contributed by atoms with van der Waals surface area (Å²) in [5.41, 5.74) is 3.59. The van der Waals surface area contributed by atoms with Crippen LogP contribution < -0.4 is 20.6 Å². The first-order valence-electron chi connectivity index (χ1n) is 5.38. The zero-order valence-electron chi connectivity index (χ0n) is 10.4. The third-order valence-electron chi connectivity index (χ3n) is 2.10. The molecule has 4 N–H and O–H groups in total. The van der Waals surface area contributed by atoms with Crippen molar-refractivity contribution in [1.29, 1.82) is 0 Å². The van der Waals surface area contributed by atoms with Crippen molar-refractivity contribution in [1.82, 2.24) is 10.7 Å². The predicted octanol–water partition coefficient (Wildman–Crippen LogP) is 0.228. The lowest BCUT2D eigenvalue weighted by Crippen LogP contribution is -2.82. The maximum Gasteiger partial charge on any atom is 0.224 e. The standard InChI is InChI=1S/C12H14BrN3O2S/c1-3-4-14-12(19)16-15-7-8-5-9(13)11(17)10(6-8)18-2/h3,5-7,17H,1,4H2,2H3,(H2,14,16,19)/p+1. The number of hydrazone groups is 1. The number of hydrogen-bond acceptors (Lipinski definition) is 3. The molecule has 0 amide bonds. The van der Waals surface area contributed by atoms with Crippen molar-refractivity contribution in [3.05, 3.63) is 34.8 Å². The molecule has 0 heterocycles. The average Bonchev–Trinajstić information content (AvgIpc) is 2.40. The fraction of sp³-hybridized carbons (Fsp3) is 0.167. The van der Waals surface area contributed by atoms with E-state index in [4.69, 9.17) is 17.0 Å². The monoisotopic (exact) mass is 344 g/mol. The molecule has 1 aromatic carbocycles. The second-order valence-corrected chi connectivity index (χ2v) is 4.73. The summed E-state index contributed by atoms with van der Waals surface area (Å²) in [7, 11) is 1.49. The molecule has 19 heavy (non-hydrogen) atoms. The number of hydrogen-bond donors (Lipinski definition) is 4. The van der Waals surface area contributed by atoms with Crippen LogP contribution >= 0.6 is 28.1 Å².